The first-order chi connectivity index (χ1) is 6.68. The Morgan fingerprint density at radius 3 is 2.86 bits per heavy atom. The Morgan fingerprint density at radius 2 is 2.14 bits per heavy atom. The molecule has 0 radical (unpaired) electrons. The van der Waals surface area contributed by atoms with Gasteiger partial charge in [0.15, 0.2) is 5.03 Å². The van der Waals surface area contributed by atoms with Crippen LogP contribution in [0.15, 0.2) is 30.5 Å². The third-order valence-corrected chi connectivity index (χ3v) is 2.71. The van der Waals surface area contributed by atoms with Crippen LogP contribution >= 0.6 is 15.9 Å². The number of hydrazine groups is 1. The normalized spacial score (nSPS) is 14.6. The fourth-order valence-corrected chi connectivity index (χ4v) is 2.04. The second kappa shape index (κ2) is 3.42. The Kier molecular flexibility index (Phi) is 2.25. The lowest BCUT2D eigenvalue weighted by molar-refractivity contribution is -0.643. The summed E-state index contributed by atoms with van der Waals surface area (Å²) in [6.07, 6.45) is 1.49. The van der Waals surface area contributed by atoms with E-state index in [9.17, 15) is 10.1 Å². The first kappa shape index (κ1) is 9.21. The van der Waals surface area contributed by atoms with Gasteiger partial charge in [-0.05, 0) is 27.1 Å². The molecule has 5 heteroatoms. The average molecular weight is 255 g/mol. The molecule has 0 atom stereocenters. The average Bonchev–Trinajstić information content (AvgIpc) is 2.17. The Balaban J connectivity index is 2.44. The Bertz CT molecular complexity index is 417. The number of nitrogens with zero attached hydrogens (tertiary/aromatic N) is 2. The van der Waals surface area contributed by atoms with Gasteiger partial charge < -0.3 is 0 Å². The molecule has 0 spiro atoms. The van der Waals surface area contributed by atoms with Crippen LogP contribution in [-0.2, 0) is 6.54 Å². The molecular weight excluding hydrogens is 248 g/mol. The summed E-state index contributed by atoms with van der Waals surface area (Å²) in [7, 11) is 0. The van der Waals surface area contributed by atoms with E-state index in [1.807, 2.05) is 24.3 Å². The Morgan fingerprint density at radius 1 is 1.43 bits per heavy atom. The lowest BCUT2D eigenvalue weighted by atomic mass is 10.1. The summed E-state index contributed by atoms with van der Waals surface area (Å²) in [5, 5.41) is 11.2. The molecule has 0 saturated heterocycles. The third kappa shape index (κ3) is 1.50. The lowest BCUT2D eigenvalue weighted by Crippen LogP contribution is -2.26. The van der Waals surface area contributed by atoms with Gasteiger partial charge in [0.2, 0.25) is 0 Å². The van der Waals surface area contributed by atoms with E-state index >= 15 is 0 Å². The second-order valence-corrected chi connectivity index (χ2v) is 3.82. The number of hydrogen-bond acceptors (Lipinski definition) is 2. The minimum absolute atomic E-state index is 0.318. The Hall–Kier alpha value is -1.36. The van der Waals surface area contributed by atoms with Crippen molar-refractivity contribution in [3.05, 3.63) is 51.7 Å². The summed E-state index contributed by atoms with van der Waals surface area (Å²) in [6, 6.07) is 7.62. The lowest BCUT2D eigenvalue weighted by Gasteiger charge is -2.18. The summed E-state index contributed by atoms with van der Waals surface area (Å²) in [5.74, 6) is 0. The van der Waals surface area contributed by atoms with Crippen LogP contribution in [-0.4, -0.2) is 10.0 Å². The van der Waals surface area contributed by atoms with Gasteiger partial charge in [0.25, 0.3) is 0 Å². The largest absolute Gasteiger partial charge is 0.234 e. The molecule has 72 valence electrons. The minimum Gasteiger partial charge on any atom is -0.234 e. The van der Waals surface area contributed by atoms with Crippen molar-refractivity contribution >= 4 is 20.4 Å². The van der Waals surface area contributed by atoms with Gasteiger partial charge in [-0.2, -0.15) is 0 Å². The van der Waals surface area contributed by atoms with Crippen molar-refractivity contribution in [3.63, 3.8) is 0 Å². The molecule has 14 heavy (non-hydrogen) atoms. The molecule has 0 bridgehead atoms. The second-order valence-electron chi connectivity index (χ2n) is 2.97. The SMILES string of the molecule is O=[N+]([O-])N1C=C(Br)c2ccccc2C1. The molecule has 1 aromatic carbocycles. The fraction of sp³-hybridized carbons (Fsp3) is 0.111. The monoisotopic (exact) mass is 254 g/mol. The van der Waals surface area contributed by atoms with E-state index in [1.165, 1.54) is 6.20 Å². The maximum Gasteiger partial charge on any atom is 0.164 e. The molecular formula is C9H7BrN2O2. The first-order valence-corrected chi connectivity index (χ1v) is 4.84. The maximum absolute atomic E-state index is 10.6. The summed E-state index contributed by atoms with van der Waals surface area (Å²) < 4.78 is 0.746. The van der Waals surface area contributed by atoms with Crippen molar-refractivity contribution in [2.75, 3.05) is 0 Å². The Labute approximate surface area is 89.1 Å². The summed E-state index contributed by atoms with van der Waals surface area (Å²) in [6.45, 7) is 0.318. The van der Waals surface area contributed by atoms with E-state index < -0.39 is 5.03 Å². The van der Waals surface area contributed by atoms with Gasteiger partial charge in [-0.25, -0.2) is 10.1 Å². The number of benzene rings is 1. The number of hydrogen-bond donors (Lipinski definition) is 0. The van der Waals surface area contributed by atoms with Crippen molar-refractivity contribution in [1.82, 2.24) is 5.01 Å². The molecule has 1 aliphatic rings. The number of fused-ring (bicyclic) bond motifs is 1. The highest BCUT2D eigenvalue weighted by Crippen LogP contribution is 2.30. The molecule has 0 aliphatic carbocycles. The molecule has 1 aliphatic heterocycles. The number of halogens is 1. The van der Waals surface area contributed by atoms with Crippen LogP contribution in [0.5, 0.6) is 0 Å². The molecule has 0 N–H and O–H groups in total. The highest BCUT2D eigenvalue weighted by Gasteiger charge is 2.21. The summed E-state index contributed by atoms with van der Waals surface area (Å²) in [5.41, 5.74) is 1.98. The van der Waals surface area contributed by atoms with Gasteiger partial charge in [0.1, 0.15) is 6.54 Å². The molecule has 1 heterocycles. The highest BCUT2D eigenvalue weighted by molar-refractivity contribution is 9.15. The zero-order valence-electron chi connectivity index (χ0n) is 7.18. The van der Waals surface area contributed by atoms with Crippen molar-refractivity contribution in [2.45, 2.75) is 6.54 Å². The molecule has 4 nitrogen and oxygen atoms in total. The highest BCUT2D eigenvalue weighted by atomic mass is 79.9. The minimum atomic E-state index is -0.419. The van der Waals surface area contributed by atoms with Gasteiger partial charge in [-0.3, -0.25) is 0 Å². The van der Waals surface area contributed by atoms with E-state index in [-0.39, 0.29) is 0 Å². The van der Waals surface area contributed by atoms with Crippen molar-refractivity contribution in [2.24, 2.45) is 0 Å². The van der Waals surface area contributed by atoms with Crippen LogP contribution in [0.3, 0.4) is 0 Å². The van der Waals surface area contributed by atoms with Crippen LogP contribution in [0.2, 0.25) is 0 Å². The number of rotatable bonds is 1. The molecule has 0 fully saturated rings. The standard InChI is InChI=1S/C9H7BrN2O2/c10-9-6-11(12(13)14)5-7-3-1-2-4-8(7)9/h1-4,6H,5H2. The quantitative estimate of drug-likeness (QED) is 0.571. The van der Waals surface area contributed by atoms with Crippen LogP contribution < -0.4 is 0 Å². The zero-order valence-corrected chi connectivity index (χ0v) is 8.77. The predicted molar refractivity (Wildman–Crippen MR) is 55.9 cm³/mol. The zero-order chi connectivity index (χ0) is 10.1. The van der Waals surface area contributed by atoms with Crippen molar-refractivity contribution in [3.8, 4) is 0 Å². The van der Waals surface area contributed by atoms with Crippen molar-refractivity contribution in [1.29, 1.82) is 0 Å². The predicted octanol–water partition coefficient (Wildman–Crippen LogP) is 2.39. The van der Waals surface area contributed by atoms with E-state index in [4.69, 9.17) is 0 Å². The third-order valence-electron chi connectivity index (χ3n) is 2.08. The summed E-state index contributed by atoms with van der Waals surface area (Å²) in [4.78, 5) is 10.6. The topological polar surface area (TPSA) is 46.4 Å². The smallest absolute Gasteiger partial charge is 0.164 e. The van der Waals surface area contributed by atoms with Gasteiger partial charge in [-0.1, -0.05) is 29.3 Å². The van der Waals surface area contributed by atoms with E-state index in [0.717, 1.165) is 20.6 Å². The van der Waals surface area contributed by atoms with Crippen molar-refractivity contribution < 1.29 is 5.03 Å². The number of nitro groups is 1. The van der Waals surface area contributed by atoms with Crippen LogP contribution in [0.1, 0.15) is 11.1 Å². The van der Waals surface area contributed by atoms with E-state index in [0.29, 0.717) is 6.54 Å². The van der Waals surface area contributed by atoms with Gasteiger partial charge in [0.05, 0.1) is 6.20 Å². The molecule has 0 unspecified atom stereocenters. The first-order valence-electron chi connectivity index (χ1n) is 4.05. The molecule has 0 amide bonds. The van der Waals surface area contributed by atoms with E-state index in [1.54, 1.807) is 0 Å². The van der Waals surface area contributed by atoms with Crippen LogP contribution in [0.4, 0.5) is 0 Å². The van der Waals surface area contributed by atoms with Gasteiger partial charge in [0, 0.05) is 4.48 Å². The fourth-order valence-electron chi connectivity index (χ4n) is 1.42. The summed E-state index contributed by atoms with van der Waals surface area (Å²) >= 11 is 3.31. The molecule has 2 rings (SSSR count). The van der Waals surface area contributed by atoms with E-state index in [2.05, 4.69) is 15.9 Å². The van der Waals surface area contributed by atoms with Gasteiger partial charge in [-0.15, -0.1) is 0 Å². The van der Waals surface area contributed by atoms with Crippen LogP contribution in [0.25, 0.3) is 4.48 Å². The molecule has 0 aromatic heterocycles. The van der Waals surface area contributed by atoms with Gasteiger partial charge >= 0.3 is 0 Å². The molecule has 0 saturated carbocycles. The maximum atomic E-state index is 10.6. The van der Waals surface area contributed by atoms with Crippen LogP contribution in [0, 0.1) is 10.1 Å². The molecule has 1 aromatic rings.